The van der Waals surface area contributed by atoms with Gasteiger partial charge < -0.3 is 28.8 Å². The summed E-state index contributed by atoms with van der Waals surface area (Å²) in [6.07, 6.45) is 0.439. The van der Waals surface area contributed by atoms with Gasteiger partial charge in [-0.15, -0.1) is 0 Å². The molecule has 38 heavy (non-hydrogen) atoms. The Morgan fingerprint density at radius 1 is 1.00 bits per heavy atom. The second kappa shape index (κ2) is 10.7. The maximum atomic E-state index is 14.4. The zero-order valence-electron chi connectivity index (χ0n) is 21.9. The normalized spacial score (nSPS) is 15.4. The molecule has 1 amide bonds. The van der Waals surface area contributed by atoms with Gasteiger partial charge >= 0.3 is 0 Å². The van der Waals surface area contributed by atoms with Crippen LogP contribution in [0.5, 0.6) is 0 Å². The quantitative estimate of drug-likeness (QED) is 0.469. The highest BCUT2D eigenvalue weighted by Crippen LogP contribution is 2.34. The molecule has 0 N–H and O–H groups in total. The number of anilines is 2. The predicted octanol–water partition coefficient (Wildman–Crippen LogP) is 3.10. The van der Waals surface area contributed by atoms with Crippen LogP contribution in [0.25, 0.3) is 11.0 Å². The largest absolute Gasteiger partial charge is 0.440 e. The molecule has 0 unspecified atom stereocenters. The monoisotopic (exact) mass is 526 g/mol. The van der Waals surface area contributed by atoms with Gasteiger partial charge in [-0.3, -0.25) is 9.59 Å². The molecule has 2 aliphatic rings. The number of ether oxygens (including phenoxy) is 1. The topological polar surface area (TPSA) is 69.5 Å². The predicted molar refractivity (Wildman–Crippen MR) is 142 cm³/mol. The molecule has 2 aliphatic heterocycles. The molecule has 1 saturated heterocycles. The minimum Gasteiger partial charge on any atom is -0.440 e. The van der Waals surface area contributed by atoms with Crippen LogP contribution in [0.2, 0.25) is 0 Å². The Kier molecular flexibility index (Phi) is 7.36. The van der Waals surface area contributed by atoms with E-state index in [2.05, 4.69) is 0 Å². The van der Waals surface area contributed by atoms with Gasteiger partial charge in [-0.2, -0.15) is 0 Å². The smallest absolute Gasteiger partial charge is 0.253 e. The summed E-state index contributed by atoms with van der Waals surface area (Å²) in [5.41, 5.74) is 2.03. The molecule has 3 aromatic rings. The van der Waals surface area contributed by atoms with Crippen LogP contribution in [0.3, 0.4) is 0 Å². The van der Waals surface area contributed by atoms with Gasteiger partial charge in [-0.05, 0) is 38.7 Å². The molecular formula is C28H32F2N4O4. The molecule has 0 aliphatic carbocycles. The molecule has 0 bridgehead atoms. The number of nitrogens with zero attached hydrogens (tertiary/aromatic N) is 4. The third kappa shape index (κ3) is 5.23. The molecular weight excluding hydrogens is 494 g/mol. The number of morpholine rings is 1. The van der Waals surface area contributed by atoms with E-state index < -0.39 is 11.6 Å². The fourth-order valence-corrected chi connectivity index (χ4v) is 5.03. The maximum absolute atomic E-state index is 14.4. The lowest BCUT2D eigenvalue weighted by atomic mass is 10.0. The summed E-state index contributed by atoms with van der Waals surface area (Å²) in [5, 5.41) is 0.300. The number of carbonyl (C=O) groups is 1. The standard InChI is InChI=1S/C28H32F2N4O4/c1-31(2)6-7-32(3)28(36)18-12-19(17-34-5-4-21-23(30)14-20(29)15-24(21)34)27-22(13-18)25(35)16-26(38-27)33-8-10-37-11-9-33/h12-16H,4-11,17H2,1-3H3. The number of hydrogen-bond donors (Lipinski definition) is 0. The molecule has 202 valence electrons. The van der Waals surface area contributed by atoms with Crippen molar-refractivity contribution in [2.24, 2.45) is 0 Å². The SMILES string of the molecule is CN(C)CCN(C)C(=O)c1cc(CN2CCc3c(F)cc(F)cc32)c2oc(N3CCOCC3)cc(=O)c2c1. The van der Waals surface area contributed by atoms with Crippen molar-refractivity contribution in [2.45, 2.75) is 13.0 Å². The Morgan fingerprint density at radius 2 is 1.76 bits per heavy atom. The molecule has 2 aromatic carbocycles. The Bertz CT molecular complexity index is 1420. The van der Waals surface area contributed by atoms with Crippen molar-refractivity contribution in [3.8, 4) is 0 Å². The number of likely N-dealkylation sites (N-methyl/N-ethyl adjacent to an activating group) is 2. The summed E-state index contributed by atoms with van der Waals surface area (Å²) in [6.45, 7) is 4.16. The van der Waals surface area contributed by atoms with Crippen LogP contribution in [0.4, 0.5) is 20.4 Å². The number of benzene rings is 2. The summed E-state index contributed by atoms with van der Waals surface area (Å²) < 4.78 is 40.2. The van der Waals surface area contributed by atoms with Crippen molar-refractivity contribution in [1.82, 2.24) is 9.80 Å². The Labute approximate surface area is 220 Å². The molecule has 0 atom stereocenters. The third-order valence-electron chi connectivity index (χ3n) is 7.16. The van der Waals surface area contributed by atoms with Crippen molar-refractivity contribution in [1.29, 1.82) is 0 Å². The van der Waals surface area contributed by atoms with Crippen LogP contribution in [-0.4, -0.2) is 82.8 Å². The van der Waals surface area contributed by atoms with Crippen molar-refractivity contribution in [3.05, 3.63) is 68.9 Å². The van der Waals surface area contributed by atoms with E-state index in [9.17, 15) is 18.4 Å². The summed E-state index contributed by atoms with van der Waals surface area (Å²) in [6, 6.07) is 6.99. The fraction of sp³-hybridized carbons (Fsp3) is 0.429. The number of halogens is 2. The van der Waals surface area contributed by atoms with E-state index in [0.29, 0.717) is 91.6 Å². The van der Waals surface area contributed by atoms with Crippen LogP contribution in [0.1, 0.15) is 21.5 Å². The van der Waals surface area contributed by atoms with Crippen molar-refractivity contribution in [3.63, 3.8) is 0 Å². The first-order valence-electron chi connectivity index (χ1n) is 12.8. The maximum Gasteiger partial charge on any atom is 0.253 e. The van der Waals surface area contributed by atoms with Crippen LogP contribution in [0.15, 0.2) is 39.5 Å². The third-order valence-corrected chi connectivity index (χ3v) is 7.16. The first kappa shape index (κ1) is 26.1. The van der Waals surface area contributed by atoms with Crippen molar-refractivity contribution < 1.29 is 22.7 Å². The van der Waals surface area contributed by atoms with Crippen LogP contribution in [0, 0.1) is 11.6 Å². The summed E-state index contributed by atoms with van der Waals surface area (Å²) >= 11 is 0. The Morgan fingerprint density at radius 3 is 2.50 bits per heavy atom. The van der Waals surface area contributed by atoms with Gasteiger partial charge in [0.15, 0.2) is 11.3 Å². The minimum absolute atomic E-state index is 0.217. The van der Waals surface area contributed by atoms with E-state index in [1.807, 2.05) is 28.8 Å². The molecule has 3 heterocycles. The summed E-state index contributed by atoms with van der Waals surface area (Å²) in [4.78, 5) is 34.1. The second-order valence-corrected chi connectivity index (χ2v) is 10.1. The van der Waals surface area contributed by atoms with Gasteiger partial charge in [-0.25, -0.2) is 8.78 Å². The summed E-state index contributed by atoms with van der Waals surface area (Å²) in [7, 11) is 5.59. The van der Waals surface area contributed by atoms with Gasteiger partial charge in [-0.1, -0.05) is 0 Å². The molecule has 0 spiro atoms. The fourth-order valence-electron chi connectivity index (χ4n) is 5.03. The average molecular weight is 527 g/mol. The highest BCUT2D eigenvalue weighted by molar-refractivity contribution is 5.98. The van der Waals surface area contributed by atoms with E-state index >= 15 is 0 Å². The molecule has 5 rings (SSSR count). The Balaban J connectivity index is 1.58. The van der Waals surface area contributed by atoms with Crippen LogP contribution < -0.4 is 15.2 Å². The second-order valence-electron chi connectivity index (χ2n) is 10.1. The zero-order valence-corrected chi connectivity index (χ0v) is 21.9. The lowest BCUT2D eigenvalue weighted by Crippen LogP contribution is -2.36. The molecule has 0 radical (unpaired) electrons. The summed E-state index contributed by atoms with van der Waals surface area (Å²) in [5.74, 6) is -0.996. The van der Waals surface area contributed by atoms with Gasteiger partial charge in [0, 0.05) is 80.8 Å². The van der Waals surface area contributed by atoms with E-state index in [0.717, 1.165) is 6.07 Å². The van der Waals surface area contributed by atoms with Gasteiger partial charge in [0.2, 0.25) is 0 Å². The van der Waals surface area contributed by atoms with Crippen LogP contribution >= 0.6 is 0 Å². The molecule has 1 fully saturated rings. The lowest BCUT2D eigenvalue weighted by molar-refractivity contribution is 0.0786. The van der Waals surface area contributed by atoms with Crippen molar-refractivity contribution >= 4 is 28.4 Å². The number of hydrogen-bond acceptors (Lipinski definition) is 7. The van der Waals surface area contributed by atoms with Gasteiger partial charge in [0.05, 0.1) is 18.6 Å². The first-order chi connectivity index (χ1) is 18.2. The van der Waals surface area contributed by atoms with Crippen LogP contribution in [-0.2, 0) is 17.7 Å². The lowest BCUT2D eigenvalue weighted by Gasteiger charge is -2.27. The van der Waals surface area contributed by atoms with E-state index in [-0.39, 0.29) is 17.9 Å². The molecule has 8 nitrogen and oxygen atoms in total. The van der Waals surface area contributed by atoms with Gasteiger partial charge in [0.1, 0.15) is 17.2 Å². The highest BCUT2D eigenvalue weighted by Gasteiger charge is 2.26. The molecule has 1 aromatic heterocycles. The number of rotatable bonds is 7. The average Bonchev–Trinajstić information content (AvgIpc) is 3.30. The zero-order chi connectivity index (χ0) is 27.0. The number of amides is 1. The van der Waals surface area contributed by atoms with E-state index in [4.69, 9.17) is 9.15 Å². The number of carbonyl (C=O) groups excluding carboxylic acids is 1. The van der Waals surface area contributed by atoms with Gasteiger partial charge in [0.25, 0.3) is 5.91 Å². The minimum atomic E-state index is -0.648. The first-order valence-corrected chi connectivity index (χ1v) is 12.8. The van der Waals surface area contributed by atoms with E-state index in [1.165, 1.54) is 12.1 Å². The highest BCUT2D eigenvalue weighted by atomic mass is 19.1. The van der Waals surface area contributed by atoms with E-state index in [1.54, 1.807) is 24.1 Å². The molecule has 0 saturated carbocycles. The molecule has 10 heteroatoms. The number of fused-ring (bicyclic) bond motifs is 2. The van der Waals surface area contributed by atoms with Crippen molar-refractivity contribution in [2.75, 3.05) is 76.9 Å². The Hall–Kier alpha value is -3.50.